The molecule has 3 aliphatic rings. The molecule has 6 rings (SSSR count). The van der Waals surface area contributed by atoms with E-state index >= 15 is 0 Å². The fourth-order valence-corrected chi connectivity index (χ4v) is 6.95. The van der Waals surface area contributed by atoms with Crippen LogP contribution in [0.1, 0.15) is 70.3 Å². The van der Waals surface area contributed by atoms with Crippen LogP contribution in [-0.2, 0) is 0 Å². The Labute approximate surface area is 219 Å². The predicted molar refractivity (Wildman–Crippen MR) is 151 cm³/mol. The highest BCUT2D eigenvalue weighted by molar-refractivity contribution is 5.76. The van der Waals surface area contributed by atoms with E-state index in [1.807, 2.05) is 12.3 Å². The van der Waals surface area contributed by atoms with Gasteiger partial charge in [-0.05, 0) is 67.9 Å². The summed E-state index contributed by atoms with van der Waals surface area (Å²) in [7, 11) is 0. The molecule has 3 aromatic rings. The molecule has 7 nitrogen and oxygen atoms in total. The van der Waals surface area contributed by atoms with Crippen molar-refractivity contribution < 1.29 is 0 Å². The fraction of sp³-hybridized carbons (Fsp3) is 0.567. The molecule has 0 amide bonds. The van der Waals surface area contributed by atoms with Gasteiger partial charge in [-0.25, -0.2) is 4.98 Å². The largest absolute Gasteiger partial charge is 0.369 e. The molecule has 0 bridgehead atoms. The number of rotatable bonds is 6. The minimum Gasteiger partial charge on any atom is -0.369 e. The van der Waals surface area contributed by atoms with Gasteiger partial charge in [0.2, 0.25) is 5.95 Å². The van der Waals surface area contributed by atoms with Crippen LogP contribution in [0.25, 0.3) is 11.0 Å². The number of nitrogens with zero attached hydrogens (tertiary/aromatic N) is 4. The van der Waals surface area contributed by atoms with Gasteiger partial charge in [0.1, 0.15) is 5.65 Å². The number of nitrogens with one attached hydrogen (secondary N) is 2. The molecular weight excluding hydrogens is 460 g/mol. The van der Waals surface area contributed by atoms with E-state index in [-0.39, 0.29) is 11.6 Å². The van der Waals surface area contributed by atoms with Crippen molar-refractivity contribution in [2.45, 2.75) is 70.3 Å². The molecule has 1 aliphatic heterocycles. The Hall–Kier alpha value is -2.93. The first-order chi connectivity index (χ1) is 18.3. The monoisotopic (exact) mass is 500 g/mol. The first-order valence-corrected chi connectivity index (χ1v) is 14.5. The van der Waals surface area contributed by atoms with Crippen LogP contribution >= 0.6 is 0 Å². The summed E-state index contributed by atoms with van der Waals surface area (Å²) in [6, 6.07) is 12.4. The van der Waals surface area contributed by atoms with Gasteiger partial charge in [0, 0.05) is 61.2 Å². The highest BCUT2D eigenvalue weighted by Crippen LogP contribution is 2.43. The molecule has 3 fully saturated rings. The molecule has 3 heterocycles. The van der Waals surface area contributed by atoms with Crippen LogP contribution < -0.4 is 21.1 Å². The Morgan fingerprint density at radius 1 is 0.838 bits per heavy atom. The van der Waals surface area contributed by atoms with E-state index in [1.54, 1.807) is 6.07 Å². The zero-order chi connectivity index (χ0) is 25.0. The number of hydrogen-bond acceptors (Lipinski definition) is 6. The lowest BCUT2D eigenvalue weighted by Crippen LogP contribution is -2.43. The number of aromatic nitrogens is 3. The average molecular weight is 501 g/mol. The van der Waals surface area contributed by atoms with Crippen molar-refractivity contribution in [2.75, 3.05) is 36.4 Å². The highest BCUT2D eigenvalue weighted by atomic mass is 16.1. The van der Waals surface area contributed by atoms with E-state index in [1.165, 1.54) is 69.9 Å². The summed E-state index contributed by atoms with van der Waals surface area (Å²) in [5, 5.41) is 7.75. The van der Waals surface area contributed by atoms with Gasteiger partial charge in [0.15, 0.2) is 0 Å². The lowest BCUT2D eigenvalue weighted by Gasteiger charge is -2.39. The molecule has 2 aliphatic carbocycles. The van der Waals surface area contributed by atoms with Crippen LogP contribution in [0.3, 0.4) is 0 Å². The predicted octanol–water partition coefficient (Wildman–Crippen LogP) is 5.65. The number of hydrogen-bond donors (Lipinski definition) is 2. The molecule has 1 aromatic carbocycles. The van der Waals surface area contributed by atoms with Gasteiger partial charge in [-0.3, -0.25) is 9.36 Å². The first kappa shape index (κ1) is 24.4. The van der Waals surface area contributed by atoms with Crippen molar-refractivity contribution in [3.8, 4) is 0 Å². The summed E-state index contributed by atoms with van der Waals surface area (Å²) in [4.78, 5) is 25.5. The number of anilines is 3. The molecule has 0 unspecified atom stereocenters. The fourth-order valence-electron chi connectivity index (χ4n) is 6.95. The zero-order valence-corrected chi connectivity index (χ0v) is 21.9. The Morgan fingerprint density at radius 2 is 1.49 bits per heavy atom. The van der Waals surface area contributed by atoms with Gasteiger partial charge in [-0.2, -0.15) is 4.98 Å². The molecule has 7 heteroatoms. The standard InChI is InChI=1S/C30H40N6O/c37-27-16-11-24-21-32-30(33-25-12-14-26(15-13-25)35-19-17-31-18-20-35)34-29(24)36(27)28(22-7-3-1-4-8-22)23-9-5-2-6-10-23/h11-16,21-23,28,31H,1-10,17-20H2,(H,32,33,34). The second kappa shape index (κ2) is 11.2. The third kappa shape index (κ3) is 5.37. The first-order valence-electron chi connectivity index (χ1n) is 14.5. The van der Waals surface area contributed by atoms with Crippen LogP contribution in [0, 0.1) is 11.8 Å². The van der Waals surface area contributed by atoms with Crippen molar-refractivity contribution in [3.05, 3.63) is 52.9 Å². The second-order valence-corrected chi connectivity index (χ2v) is 11.2. The van der Waals surface area contributed by atoms with E-state index in [4.69, 9.17) is 4.98 Å². The van der Waals surface area contributed by atoms with E-state index in [0.717, 1.165) is 42.9 Å². The topological polar surface area (TPSA) is 75.1 Å². The molecule has 2 N–H and O–H groups in total. The molecule has 2 aromatic heterocycles. The molecule has 196 valence electrons. The number of piperazine rings is 1. The van der Waals surface area contributed by atoms with Crippen molar-refractivity contribution in [2.24, 2.45) is 11.8 Å². The van der Waals surface area contributed by atoms with Gasteiger partial charge >= 0.3 is 0 Å². The second-order valence-electron chi connectivity index (χ2n) is 11.2. The minimum atomic E-state index is 0.0821. The lowest BCUT2D eigenvalue weighted by atomic mass is 9.73. The van der Waals surface area contributed by atoms with E-state index in [0.29, 0.717) is 17.8 Å². The molecule has 0 atom stereocenters. The quantitative estimate of drug-likeness (QED) is 0.456. The van der Waals surface area contributed by atoms with Crippen LogP contribution in [0.4, 0.5) is 17.3 Å². The molecular formula is C30H40N6O. The van der Waals surface area contributed by atoms with Crippen molar-refractivity contribution in [1.82, 2.24) is 19.9 Å². The van der Waals surface area contributed by atoms with Crippen molar-refractivity contribution in [3.63, 3.8) is 0 Å². The molecule has 0 radical (unpaired) electrons. The third-order valence-electron chi connectivity index (χ3n) is 8.84. The Bertz CT molecular complexity index is 1220. The van der Waals surface area contributed by atoms with Crippen LogP contribution in [-0.4, -0.2) is 40.7 Å². The summed E-state index contributed by atoms with van der Waals surface area (Å²) in [5.41, 5.74) is 3.06. The Morgan fingerprint density at radius 3 is 2.14 bits per heavy atom. The molecule has 1 saturated heterocycles. The number of pyridine rings is 1. The van der Waals surface area contributed by atoms with Gasteiger partial charge in [-0.15, -0.1) is 0 Å². The van der Waals surface area contributed by atoms with Crippen molar-refractivity contribution in [1.29, 1.82) is 0 Å². The van der Waals surface area contributed by atoms with Gasteiger partial charge in [0.05, 0.1) is 0 Å². The summed E-state index contributed by atoms with van der Waals surface area (Å²) >= 11 is 0. The SMILES string of the molecule is O=c1ccc2cnc(Nc3ccc(N4CCNCC4)cc3)nc2n1C(C1CCCCC1)C1CCCCC1. The summed E-state index contributed by atoms with van der Waals surface area (Å²) in [6.45, 7) is 4.10. The van der Waals surface area contributed by atoms with E-state index in [2.05, 4.69) is 49.4 Å². The lowest BCUT2D eigenvalue weighted by molar-refractivity contribution is 0.149. The van der Waals surface area contributed by atoms with Gasteiger partial charge in [0.25, 0.3) is 5.56 Å². The number of benzene rings is 1. The van der Waals surface area contributed by atoms with Crippen LogP contribution in [0.5, 0.6) is 0 Å². The van der Waals surface area contributed by atoms with Crippen LogP contribution in [0.15, 0.2) is 47.4 Å². The molecule has 37 heavy (non-hydrogen) atoms. The maximum absolute atomic E-state index is 13.5. The van der Waals surface area contributed by atoms with E-state index in [9.17, 15) is 4.79 Å². The maximum Gasteiger partial charge on any atom is 0.252 e. The smallest absolute Gasteiger partial charge is 0.252 e. The number of fused-ring (bicyclic) bond motifs is 1. The van der Waals surface area contributed by atoms with Crippen LogP contribution in [0.2, 0.25) is 0 Å². The summed E-state index contributed by atoms with van der Waals surface area (Å²) < 4.78 is 2.07. The van der Waals surface area contributed by atoms with Gasteiger partial charge in [-0.1, -0.05) is 38.5 Å². The molecule has 0 spiro atoms. The highest BCUT2D eigenvalue weighted by Gasteiger charge is 2.34. The van der Waals surface area contributed by atoms with Gasteiger partial charge < -0.3 is 15.5 Å². The zero-order valence-electron chi connectivity index (χ0n) is 21.9. The maximum atomic E-state index is 13.5. The Balaban J connectivity index is 1.32. The summed E-state index contributed by atoms with van der Waals surface area (Å²) in [6.07, 6.45) is 14.5. The van der Waals surface area contributed by atoms with E-state index < -0.39 is 0 Å². The third-order valence-corrected chi connectivity index (χ3v) is 8.84. The average Bonchev–Trinajstić information content (AvgIpc) is 2.96. The summed E-state index contributed by atoms with van der Waals surface area (Å²) in [5.74, 6) is 1.67. The molecule has 2 saturated carbocycles. The Kier molecular flexibility index (Phi) is 7.40. The normalized spacial score (nSPS) is 20.0. The van der Waals surface area contributed by atoms with Crippen molar-refractivity contribution >= 4 is 28.4 Å². The minimum absolute atomic E-state index is 0.0821.